The van der Waals surface area contributed by atoms with Crippen LogP contribution in [-0.2, 0) is 6.42 Å². The average molecular weight is 350 g/mol. The van der Waals surface area contributed by atoms with E-state index in [9.17, 15) is 4.79 Å². The molecule has 1 aromatic carbocycles. The number of thiazole rings is 1. The summed E-state index contributed by atoms with van der Waals surface area (Å²) in [6, 6.07) is 12.0. The van der Waals surface area contributed by atoms with Crippen molar-refractivity contribution in [3.63, 3.8) is 0 Å². The van der Waals surface area contributed by atoms with Crippen LogP contribution in [0.25, 0.3) is 11.3 Å². The molecule has 0 aliphatic heterocycles. The molecule has 25 heavy (non-hydrogen) atoms. The van der Waals surface area contributed by atoms with Gasteiger partial charge >= 0.3 is 6.03 Å². The summed E-state index contributed by atoms with van der Waals surface area (Å²) in [5.74, 6) is 0. The van der Waals surface area contributed by atoms with E-state index in [2.05, 4.69) is 38.8 Å². The van der Waals surface area contributed by atoms with Gasteiger partial charge in [0.1, 0.15) is 0 Å². The first-order valence-corrected chi connectivity index (χ1v) is 9.19. The standard InChI is InChI=1S/C19H18N4OS/c24-18(21-16-7-3-5-13-4-1-2-6-15(13)16)23-19-22-17(12-25-19)14-8-10-20-11-9-14/h1-2,4,6,8-12,16H,3,5,7H2,(H2,21,22,23,24)/t16-/m0/s1. The van der Waals surface area contributed by atoms with Crippen molar-refractivity contribution in [3.05, 3.63) is 65.3 Å². The number of pyridine rings is 1. The summed E-state index contributed by atoms with van der Waals surface area (Å²) in [6.45, 7) is 0. The number of aromatic nitrogens is 2. The van der Waals surface area contributed by atoms with Crippen molar-refractivity contribution in [3.8, 4) is 11.3 Å². The van der Waals surface area contributed by atoms with Crippen molar-refractivity contribution >= 4 is 22.5 Å². The molecule has 0 saturated carbocycles. The van der Waals surface area contributed by atoms with Gasteiger partial charge in [0, 0.05) is 23.3 Å². The molecule has 1 atom stereocenters. The fraction of sp³-hybridized carbons (Fsp3) is 0.211. The molecule has 1 aliphatic carbocycles. The van der Waals surface area contributed by atoms with Gasteiger partial charge in [-0.25, -0.2) is 9.78 Å². The molecule has 126 valence electrons. The van der Waals surface area contributed by atoms with Crippen molar-refractivity contribution < 1.29 is 4.79 Å². The zero-order valence-corrected chi connectivity index (χ0v) is 14.4. The zero-order chi connectivity index (χ0) is 17.1. The van der Waals surface area contributed by atoms with Gasteiger partial charge in [-0.2, -0.15) is 0 Å². The van der Waals surface area contributed by atoms with E-state index in [1.807, 2.05) is 23.6 Å². The Morgan fingerprint density at radius 2 is 2.00 bits per heavy atom. The highest BCUT2D eigenvalue weighted by Crippen LogP contribution is 2.30. The molecule has 0 bridgehead atoms. The Hall–Kier alpha value is -2.73. The highest BCUT2D eigenvalue weighted by atomic mass is 32.1. The molecule has 0 spiro atoms. The Labute approximate surface area is 150 Å². The first-order chi connectivity index (χ1) is 12.3. The molecule has 5 nitrogen and oxygen atoms in total. The Balaban J connectivity index is 1.43. The number of carbonyl (C=O) groups excluding carboxylic acids is 1. The fourth-order valence-corrected chi connectivity index (χ4v) is 3.90. The molecule has 0 saturated heterocycles. The van der Waals surface area contributed by atoms with E-state index in [4.69, 9.17) is 0 Å². The maximum Gasteiger partial charge on any atom is 0.321 e. The van der Waals surface area contributed by atoms with E-state index in [0.717, 1.165) is 30.5 Å². The van der Waals surface area contributed by atoms with Gasteiger partial charge in [0.15, 0.2) is 5.13 Å². The summed E-state index contributed by atoms with van der Waals surface area (Å²) in [4.78, 5) is 20.9. The summed E-state index contributed by atoms with van der Waals surface area (Å²) in [7, 11) is 0. The van der Waals surface area contributed by atoms with E-state index in [0.29, 0.717) is 5.13 Å². The van der Waals surface area contributed by atoms with Gasteiger partial charge in [-0.3, -0.25) is 10.3 Å². The highest BCUT2D eigenvalue weighted by molar-refractivity contribution is 7.14. The molecule has 0 unspecified atom stereocenters. The number of nitrogens with one attached hydrogen (secondary N) is 2. The van der Waals surface area contributed by atoms with Crippen LogP contribution in [0.1, 0.15) is 30.0 Å². The van der Waals surface area contributed by atoms with Crippen LogP contribution in [-0.4, -0.2) is 16.0 Å². The molecule has 0 radical (unpaired) electrons. The monoisotopic (exact) mass is 350 g/mol. The van der Waals surface area contributed by atoms with Crippen LogP contribution in [0.3, 0.4) is 0 Å². The minimum Gasteiger partial charge on any atom is -0.331 e. The van der Waals surface area contributed by atoms with Gasteiger partial charge in [0.2, 0.25) is 0 Å². The smallest absolute Gasteiger partial charge is 0.321 e. The first kappa shape index (κ1) is 15.8. The SMILES string of the molecule is O=C(Nc1nc(-c2ccncc2)cs1)N[C@H]1CCCc2ccccc21. The summed E-state index contributed by atoms with van der Waals surface area (Å²) in [5, 5.41) is 8.45. The average Bonchev–Trinajstić information content (AvgIpc) is 3.11. The van der Waals surface area contributed by atoms with E-state index < -0.39 is 0 Å². The number of aryl methyl sites for hydroxylation is 1. The highest BCUT2D eigenvalue weighted by Gasteiger charge is 2.21. The summed E-state index contributed by atoms with van der Waals surface area (Å²) in [6.07, 6.45) is 6.59. The first-order valence-electron chi connectivity index (χ1n) is 8.31. The fourth-order valence-electron chi connectivity index (χ4n) is 3.18. The summed E-state index contributed by atoms with van der Waals surface area (Å²) < 4.78 is 0. The largest absolute Gasteiger partial charge is 0.331 e. The molecule has 3 aromatic rings. The number of nitrogens with zero attached hydrogens (tertiary/aromatic N) is 2. The third-order valence-electron chi connectivity index (χ3n) is 4.38. The minimum absolute atomic E-state index is 0.0598. The van der Waals surface area contributed by atoms with Crippen LogP contribution in [0.15, 0.2) is 54.2 Å². The van der Waals surface area contributed by atoms with Gasteiger partial charge in [-0.05, 0) is 42.5 Å². The van der Waals surface area contributed by atoms with Gasteiger partial charge in [0.25, 0.3) is 0 Å². The third-order valence-corrected chi connectivity index (χ3v) is 5.13. The van der Waals surface area contributed by atoms with E-state index in [1.165, 1.54) is 22.5 Å². The van der Waals surface area contributed by atoms with Crippen molar-refractivity contribution in [2.24, 2.45) is 0 Å². The molecular weight excluding hydrogens is 332 g/mol. The number of anilines is 1. The predicted octanol–water partition coefficient (Wildman–Crippen LogP) is 4.40. The topological polar surface area (TPSA) is 66.9 Å². The second-order valence-corrected chi connectivity index (χ2v) is 6.87. The predicted molar refractivity (Wildman–Crippen MR) is 99.6 cm³/mol. The van der Waals surface area contributed by atoms with Crippen LogP contribution >= 0.6 is 11.3 Å². The molecule has 2 amide bonds. The van der Waals surface area contributed by atoms with Gasteiger partial charge in [0.05, 0.1) is 11.7 Å². The number of urea groups is 1. The lowest BCUT2D eigenvalue weighted by Crippen LogP contribution is -2.34. The van der Waals surface area contributed by atoms with Crippen LogP contribution in [0.2, 0.25) is 0 Å². The summed E-state index contributed by atoms with van der Waals surface area (Å²) >= 11 is 1.42. The molecule has 2 aromatic heterocycles. The van der Waals surface area contributed by atoms with Crippen LogP contribution in [0.4, 0.5) is 9.93 Å². The number of rotatable bonds is 3. The van der Waals surface area contributed by atoms with Crippen molar-refractivity contribution in [1.82, 2.24) is 15.3 Å². The second-order valence-electron chi connectivity index (χ2n) is 6.02. The molecule has 2 N–H and O–H groups in total. The number of carbonyl (C=O) groups is 1. The molecule has 4 rings (SSSR count). The lowest BCUT2D eigenvalue weighted by Gasteiger charge is -2.26. The molecule has 2 heterocycles. The molecule has 6 heteroatoms. The maximum atomic E-state index is 12.4. The van der Waals surface area contributed by atoms with E-state index >= 15 is 0 Å². The number of hydrogen-bond acceptors (Lipinski definition) is 4. The normalized spacial score (nSPS) is 16.1. The number of hydrogen-bond donors (Lipinski definition) is 2. The lowest BCUT2D eigenvalue weighted by molar-refractivity contribution is 0.247. The van der Waals surface area contributed by atoms with Gasteiger partial charge in [-0.15, -0.1) is 11.3 Å². The van der Waals surface area contributed by atoms with Crippen molar-refractivity contribution in [2.75, 3.05) is 5.32 Å². The number of benzene rings is 1. The second kappa shape index (κ2) is 7.03. The van der Waals surface area contributed by atoms with E-state index in [-0.39, 0.29) is 12.1 Å². The van der Waals surface area contributed by atoms with Gasteiger partial charge < -0.3 is 5.32 Å². The van der Waals surface area contributed by atoms with Gasteiger partial charge in [-0.1, -0.05) is 24.3 Å². The quantitative estimate of drug-likeness (QED) is 0.735. The van der Waals surface area contributed by atoms with Crippen LogP contribution in [0.5, 0.6) is 0 Å². The minimum atomic E-state index is -0.211. The van der Waals surface area contributed by atoms with E-state index in [1.54, 1.807) is 12.4 Å². The Morgan fingerprint density at radius 1 is 1.16 bits per heavy atom. The number of amides is 2. The number of fused-ring (bicyclic) bond motifs is 1. The molecule has 0 fully saturated rings. The Morgan fingerprint density at radius 3 is 2.88 bits per heavy atom. The van der Waals surface area contributed by atoms with Crippen molar-refractivity contribution in [2.45, 2.75) is 25.3 Å². The Bertz CT molecular complexity index is 878. The van der Waals surface area contributed by atoms with Crippen molar-refractivity contribution in [1.29, 1.82) is 0 Å². The lowest BCUT2D eigenvalue weighted by atomic mass is 9.88. The summed E-state index contributed by atoms with van der Waals surface area (Å²) in [5.41, 5.74) is 4.38. The maximum absolute atomic E-state index is 12.4. The molecule has 1 aliphatic rings. The third kappa shape index (κ3) is 3.53. The zero-order valence-electron chi connectivity index (χ0n) is 13.6. The van der Waals surface area contributed by atoms with Crippen LogP contribution < -0.4 is 10.6 Å². The molecular formula is C19H18N4OS. The Kier molecular flexibility index (Phi) is 4.43. The van der Waals surface area contributed by atoms with Crippen LogP contribution in [0, 0.1) is 0 Å².